The third-order valence-electron chi connectivity index (χ3n) is 3.36. The van der Waals surface area contributed by atoms with Gasteiger partial charge in [0.25, 0.3) is 0 Å². The van der Waals surface area contributed by atoms with Crippen molar-refractivity contribution >= 4 is 58.7 Å². The summed E-state index contributed by atoms with van der Waals surface area (Å²) in [6, 6.07) is 4.87. The van der Waals surface area contributed by atoms with Crippen molar-refractivity contribution in [1.29, 1.82) is 0 Å². The van der Waals surface area contributed by atoms with Crippen molar-refractivity contribution in [3.63, 3.8) is 0 Å². The fraction of sp³-hybridized carbons (Fsp3) is 0.375. The van der Waals surface area contributed by atoms with Crippen LogP contribution in [0.5, 0.6) is 11.5 Å². The summed E-state index contributed by atoms with van der Waals surface area (Å²) in [6.07, 6.45) is 0.426. The van der Waals surface area contributed by atoms with Gasteiger partial charge in [-0.25, -0.2) is 8.93 Å². The molecule has 0 amide bonds. The number of furan rings is 1. The molecule has 0 radical (unpaired) electrons. The fourth-order valence-corrected chi connectivity index (χ4v) is 4.42. The van der Waals surface area contributed by atoms with Crippen molar-refractivity contribution in [2.24, 2.45) is 0 Å². The number of hydrogen-bond acceptors (Lipinski definition) is 4. The van der Waals surface area contributed by atoms with Gasteiger partial charge in [-0.3, -0.25) is 4.55 Å². The maximum absolute atomic E-state index is 10.8. The van der Waals surface area contributed by atoms with E-state index in [2.05, 4.69) is 20.7 Å². The summed E-state index contributed by atoms with van der Waals surface area (Å²) < 4.78 is 34.0. The zero-order chi connectivity index (χ0) is 20.4. The number of hydrogen-bond donors (Lipinski definition) is 3. The van der Waals surface area contributed by atoms with E-state index in [1.807, 2.05) is 19.6 Å². The summed E-state index contributed by atoms with van der Waals surface area (Å²) >= 11 is 13.6. The van der Waals surface area contributed by atoms with Gasteiger partial charge in [-0.05, 0) is 44.3 Å². The smallest absolute Gasteiger partial charge is 0.242 e. The molecule has 3 N–H and O–H groups in total. The SMILES string of the molecule is C[Si](C)(C)Oc1c(C(Br)CCNS(=O)O)oc(-c2ccc(Cl)cc2Cl)c1O. The molecule has 6 nitrogen and oxygen atoms in total. The van der Waals surface area contributed by atoms with Gasteiger partial charge in [0.15, 0.2) is 17.3 Å². The summed E-state index contributed by atoms with van der Waals surface area (Å²) in [5, 5.41) is 11.6. The molecule has 1 aromatic heterocycles. The van der Waals surface area contributed by atoms with E-state index in [1.165, 1.54) is 0 Å². The van der Waals surface area contributed by atoms with Gasteiger partial charge in [-0.15, -0.1) is 0 Å². The first kappa shape index (κ1) is 22.7. The quantitative estimate of drug-likeness (QED) is 0.237. The lowest BCUT2D eigenvalue weighted by atomic mass is 10.1. The summed E-state index contributed by atoms with van der Waals surface area (Å²) in [5.74, 6) is 0.687. The van der Waals surface area contributed by atoms with Gasteiger partial charge in [0.1, 0.15) is 0 Å². The molecule has 2 unspecified atom stereocenters. The Labute approximate surface area is 179 Å². The van der Waals surface area contributed by atoms with Gasteiger partial charge in [0, 0.05) is 17.1 Å². The molecule has 1 aromatic carbocycles. The molecule has 0 bridgehead atoms. The molecule has 0 aliphatic rings. The molecule has 27 heavy (non-hydrogen) atoms. The van der Waals surface area contributed by atoms with Gasteiger partial charge in [-0.2, -0.15) is 0 Å². The predicted molar refractivity (Wildman–Crippen MR) is 115 cm³/mol. The van der Waals surface area contributed by atoms with Crippen LogP contribution in [0.1, 0.15) is 17.0 Å². The lowest BCUT2D eigenvalue weighted by Crippen LogP contribution is -2.29. The minimum atomic E-state index is -2.10. The first-order chi connectivity index (χ1) is 12.5. The lowest BCUT2D eigenvalue weighted by Gasteiger charge is -2.20. The Kier molecular flexibility index (Phi) is 7.83. The van der Waals surface area contributed by atoms with Gasteiger partial charge in [0.05, 0.1) is 9.85 Å². The fourth-order valence-electron chi connectivity index (χ4n) is 2.30. The monoisotopic (exact) mass is 515 g/mol. The predicted octanol–water partition coefficient (Wildman–Crippen LogP) is 5.73. The van der Waals surface area contributed by atoms with E-state index >= 15 is 0 Å². The van der Waals surface area contributed by atoms with E-state index in [0.717, 1.165) is 0 Å². The molecule has 1 heterocycles. The first-order valence-electron chi connectivity index (χ1n) is 7.98. The number of halogens is 3. The van der Waals surface area contributed by atoms with Crippen LogP contribution in [0, 0.1) is 0 Å². The molecule has 0 saturated carbocycles. The van der Waals surface area contributed by atoms with Crippen LogP contribution in [-0.4, -0.2) is 28.7 Å². The van der Waals surface area contributed by atoms with E-state index in [9.17, 15) is 9.32 Å². The number of aromatic hydroxyl groups is 1. The molecule has 2 atom stereocenters. The van der Waals surface area contributed by atoms with Gasteiger partial charge in [-0.1, -0.05) is 39.1 Å². The van der Waals surface area contributed by atoms with E-state index in [4.69, 9.17) is 36.6 Å². The average molecular weight is 517 g/mol. The standard InChI is InChI=1S/C16H20BrCl2NO5SSi/c1-27(2,3)25-16-13(21)14(10-5-4-9(18)8-12(10)19)24-15(16)11(17)6-7-20-26(22)23/h4-5,8,11,20-21H,6-7H2,1-3H3,(H,22,23). The highest BCUT2D eigenvalue weighted by Crippen LogP contribution is 2.50. The van der Waals surface area contributed by atoms with Crippen molar-refractivity contribution < 1.29 is 22.7 Å². The zero-order valence-electron chi connectivity index (χ0n) is 14.9. The summed E-state index contributed by atoms with van der Waals surface area (Å²) in [6.45, 7) is 6.21. The Balaban J connectivity index is 2.46. The lowest BCUT2D eigenvalue weighted by molar-refractivity contribution is 0.438. The van der Waals surface area contributed by atoms with Crippen LogP contribution in [0.15, 0.2) is 22.6 Å². The van der Waals surface area contributed by atoms with Crippen molar-refractivity contribution in [1.82, 2.24) is 4.72 Å². The molecule has 2 aromatic rings. The molecular weight excluding hydrogens is 497 g/mol. The topological polar surface area (TPSA) is 91.9 Å². The van der Waals surface area contributed by atoms with Crippen molar-refractivity contribution in [3.05, 3.63) is 34.0 Å². The van der Waals surface area contributed by atoms with E-state index in [0.29, 0.717) is 27.8 Å². The maximum atomic E-state index is 10.8. The second kappa shape index (κ2) is 9.30. The van der Waals surface area contributed by atoms with E-state index < -0.39 is 19.6 Å². The highest BCUT2D eigenvalue weighted by Gasteiger charge is 2.31. The molecule has 2 rings (SSSR count). The minimum absolute atomic E-state index is 0.139. The largest absolute Gasteiger partial charge is 0.539 e. The minimum Gasteiger partial charge on any atom is -0.539 e. The van der Waals surface area contributed by atoms with Crippen LogP contribution in [0.2, 0.25) is 29.7 Å². The second-order valence-electron chi connectivity index (χ2n) is 6.71. The Morgan fingerprint density at radius 2 is 2.04 bits per heavy atom. The van der Waals surface area contributed by atoms with E-state index in [-0.39, 0.29) is 28.6 Å². The van der Waals surface area contributed by atoms with Crippen molar-refractivity contribution in [2.75, 3.05) is 6.54 Å². The Morgan fingerprint density at radius 1 is 1.37 bits per heavy atom. The van der Waals surface area contributed by atoms with Crippen LogP contribution in [0.4, 0.5) is 0 Å². The zero-order valence-corrected chi connectivity index (χ0v) is 19.8. The number of nitrogens with one attached hydrogen (secondary N) is 1. The van der Waals surface area contributed by atoms with Gasteiger partial charge < -0.3 is 13.9 Å². The molecule has 11 heteroatoms. The van der Waals surface area contributed by atoms with Crippen LogP contribution in [0.3, 0.4) is 0 Å². The number of rotatable bonds is 8. The Hall–Kier alpha value is -0.553. The molecule has 0 aliphatic carbocycles. The van der Waals surface area contributed by atoms with Crippen molar-refractivity contribution in [3.8, 4) is 22.8 Å². The number of benzene rings is 1. The average Bonchev–Trinajstić information content (AvgIpc) is 2.82. The Bertz CT molecular complexity index is 843. The molecule has 0 aliphatic heterocycles. The van der Waals surface area contributed by atoms with Gasteiger partial charge in [0.2, 0.25) is 25.3 Å². The third-order valence-corrected chi connectivity index (χ3v) is 6.05. The summed E-state index contributed by atoms with van der Waals surface area (Å²) in [5.41, 5.74) is 0.486. The molecule has 0 saturated heterocycles. The molecule has 0 spiro atoms. The van der Waals surface area contributed by atoms with E-state index in [1.54, 1.807) is 18.2 Å². The first-order valence-corrected chi connectivity index (χ1v) is 14.2. The normalized spacial score (nSPS) is 14.2. The second-order valence-corrected chi connectivity index (χ2v) is 13.9. The molecule has 150 valence electrons. The molecular formula is C16H20BrCl2NO5SSi. The highest BCUT2D eigenvalue weighted by atomic mass is 79.9. The van der Waals surface area contributed by atoms with Crippen LogP contribution < -0.4 is 9.15 Å². The van der Waals surface area contributed by atoms with Crippen molar-refractivity contribution in [2.45, 2.75) is 30.9 Å². The summed E-state index contributed by atoms with van der Waals surface area (Å²) in [7, 11) is -2.07. The highest BCUT2D eigenvalue weighted by molar-refractivity contribution is 9.09. The van der Waals surface area contributed by atoms with Gasteiger partial charge >= 0.3 is 0 Å². The number of alkyl halides is 1. The molecule has 0 fully saturated rings. The maximum Gasteiger partial charge on any atom is 0.242 e. The van der Waals surface area contributed by atoms with Crippen LogP contribution in [0.25, 0.3) is 11.3 Å². The summed E-state index contributed by atoms with van der Waals surface area (Å²) in [4.78, 5) is -0.356. The third kappa shape index (κ3) is 6.21. The van der Waals surface area contributed by atoms with Crippen LogP contribution in [-0.2, 0) is 11.3 Å². The van der Waals surface area contributed by atoms with Crippen LogP contribution >= 0.6 is 39.1 Å². The Morgan fingerprint density at radius 3 is 2.59 bits per heavy atom.